The zero-order chi connectivity index (χ0) is 17.4. The molecule has 1 aliphatic rings. The van der Waals surface area contributed by atoms with Crippen molar-refractivity contribution in [1.29, 1.82) is 0 Å². The van der Waals surface area contributed by atoms with E-state index in [9.17, 15) is 9.59 Å². The molecule has 1 heterocycles. The molecule has 0 saturated heterocycles. The van der Waals surface area contributed by atoms with Crippen molar-refractivity contribution in [3.63, 3.8) is 0 Å². The van der Waals surface area contributed by atoms with Crippen LogP contribution in [0.3, 0.4) is 0 Å². The predicted octanol–water partition coefficient (Wildman–Crippen LogP) is 2.92. The van der Waals surface area contributed by atoms with Crippen LogP contribution in [0.5, 0.6) is 0 Å². The molecule has 5 heteroatoms. The van der Waals surface area contributed by atoms with Crippen LogP contribution < -0.4 is 5.32 Å². The Morgan fingerprint density at radius 2 is 1.78 bits per heavy atom. The molecule has 0 radical (unpaired) electrons. The lowest BCUT2D eigenvalue weighted by Crippen LogP contribution is -2.55. The van der Waals surface area contributed by atoms with Crippen molar-refractivity contribution in [2.45, 2.75) is 59.1 Å². The van der Waals surface area contributed by atoms with Crippen LogP contribution in [-0.4, -0.2) is 29.7 Å². The lowest BCUT2D eigenvalue weighted by atomic mass is 9.94. The molecular formula is C18H25NO4. The fourth-order valence-corrected chi connectivity index (χ4v) is 2.65. The summed E-state index contributed by atoms with van der Waals surface area (Å²) in [7, 11) is 0. The van der Waals surface area contributed by atoms with Gasteiger partial charge in [-0.05, 0) is 64.3 Å². The first kappa shape index (κ1) is 17.3. The van der Waals surface area contributed by atoms with Gasteiger partial charge in [0.05, 0.1) is 6.61 Å². The number of rotatable bonds is 3. The largest absolute Gasteiger partial charge is 0.464 e. The molecule has 1 unspecified atom stereocenters. The normalized spacial score (nSPS) is 19.7. The van der Waals surface area contributed by atoms with Crippen LogP contribution in [0, 0.1) is 13.8 Å². The van der Waals surface area contributed by atoms with Crippen LogP contribution in [0.4, 0.5) is 5.69 Å². The minimum Gasteiger partial charge on any atom is -0.464 e. The minimum atomic E-state index is -1.51. The summed E-state index contributed by atoms with van der Waals surface area (Å²) in [5.74, 6) is -1.20. The van der Waals surface area contributed by atoms with Crippen molar-refractivity contribution in [3.05, 3.63) is 28.8 Å². The summed E-state index contributed by atoms with van der Waals surface area (Å²) in [6.07, 6.45) is 0.233. The van der Waals surface area contributed by atoms with Crippen LogP contribution >= 0.6 is 0 Å². The van der Waals surface area contributed by atoms with Gasteiger partial charge in [-0.1, -0.05) is 6.07 Å². The third kappa shape index (κ3) is 3.33. The second-order valence-corrected chi connectivity index (χ2v) is 7.02. The summed E-state index contributed by atoms with van der Waals surface area (Å²) in [5, 5.41) is 3.07. The molecule has 126 valence electrons. The highest BCUT2D eigenvalue weighted by Crippen LogP contribution is 2.37. The first-order chi connectivity index (χ1) is 10.6. The molecule has 1 atom stereocenters. The first-order valence-corrected chi connectivity index (χ1v) is 7.88. The number of hydrogen-bond acceptors (Lipinski definition) is 5. The van der Waals surface area contributed by atoms with Crippen LogP contribution in [0.25, 0.3) is 0 Å². The summed E-state index contributed by atoms with van der Waals surface area (Å²) in [5.41, 5.74) is 1.73. The van der Waals surface area contributed by atoms with Crippen molar-refractivity contribution < 1.29 is 19.1 Å². The van der Waals surface area contributed by atoms with Crippen molar-refractivity contribution in [3.8, 4) is 0 Å². The van der Waals surface area contributed by atoms with Crippen molar-refractivity contribution in [2.24, 2.45) is 0 Å². The van der Waals surface area contributed by atoms with E-state index in [-0.39, 0.29) is 13.0 Å². The number of benzene rings is 1. The number of fused-ring (bicyclic) bond motifs is 1. The zero-order valence-electron chi connectivity index (χ0n) is 14.7. The average Bonchev–Trinajstić information content (AvgIpc) is 2.77. The molecule has 0 spiro atoms. The average molecular weight is 319 g/mol. The van der Waals surface area contributed by atoms with Crippen LogP contribution in [-0.2, 0) is 25.5 Å². The number of ether oxygens (including phenoxy) is 2. The Morgan fingerprint density at radius 1 is 1.17 bits per heavy atom. The number of esters is 2. The Hall–Kier alpha value is -2.04. The van der Waals surface area contributed by atoms with Crippen LogP contribution in [0.2, 0.25) is 0 Å². The quantitative estimate of drug-likeness (QED) is 0.685. The molecule has 1 aromatic carbocycles. The predicted molar refractivity (Wildman–Crippen MR) is 88.5 cm³/mol. The molecule has 2 rings (SSSR count). The second-order valence-electron chi connectivity index (χ2n) is 7.02. The maximum atomic E-state index is 12.8. The summed E-state index contributed by atoms with van der Waals surface area (Å²) in [6.45, 7) is 11.3. The van der Waals surface area contributed by atoms with Gasteiger partial charge >= 0.3 is 11.9 Å². The van der Waals surface area contributed by atoms with Gasteiger partial charge < -0.3 is 14.8 Å². The van der Waals surface area contributed by atoms with E-state index in [0.717, 1.165) is 22.4 Å². The van der Waals surface area contributed by atoms with Gasteiger partial charge in [0.1, 0.15) is 5.60 Å². The Kier molecular flexibility index (Phi) is 4.42. The summed E-state index contributed by atoms with van der Waals surface area (Å²) in [4.78, 5) is 25.3. The molecule has 1 aromatic rings. The molecule has 0 aromatic heterocycles. The Labute approximate surface area is 137 Å². The molecule has 0 bridgehead atoms. The van der Waals surface area contributed by atoms with E-state index >= 15 is 0 Å². The third-order valence-corrected chi connectivity index (χ3v) is 3.89. The van der Waals surface area contributed by atoms with E-state index in [1.807, 2.05) is 26.0 Å². The second kappa shape index (κ2) is 5.87. The highest BCUT2D eigenvalue weighted by atomic mass is 16.6. The Balaban J connectivity index is 2.42. The van der Waals surface area contributed by atoms with Gasteiger partial charge in [0.25, 0.3) is 0 Å². The lowest BCUT2D eigenvalue weighted by molar-refractivity contribution is -0.169. The maximum absolute atomic E-state index is 12.8. The van der Waals surface area contributed by atoms with E-state index in [1.54, 1.807) is 27.7 Å². The van der Waals surface area contributed by atoms with E-state index in [4.69, 9.17) is 9.47 Å². The maximum Gasteiger partial charge on any atom is 0.344 e. The minimum absolute atomic E-state index is 0.208. The van der Waals surface area contributed by atoms with E-state index in [1.165, 1.54) is 0 Å². The van der Waals surface area contributed by atoms with E-state index < -0.39 is 23.1 Å². The lowest BCUT2D eigenvalue weighted by Gasteiger charge is -2.29. The molecule has 0 saturated carbocycles. The summed E-state index contributed by atoms with van der Waals surface area (Å²) < 4.78 is 10.6. The summed E-state index contributed by atoms with van der Waals surface area (Å²) in [6, 6.07) is 3.96. The molecule has 1 N–H and O–H groups in total. The smallest absolute Gasteiger partial charge is 0.344 e. The standard InChI is InChI=1S/C18H25NO4/c1-7-22-15(20)18(16(21)23-17(4,5)6)10-13-8-11(2)12(3)9-14(13)19-18/h8-9,19H,7,10H2,1-6H3. The van der Waals surface area contributed by atoms with Gasteiger partial charge in [-0.3, -0.25) is 0 Å². The molecule has 1 aliphatic heterocycles. The van der Waals surface area contributed by atoms with Gasteiger partial charge in [-0.15, -0.1) is 0 Å². The first-order valence-electron chi connectivity index (χ1n) is 7.88. The number of anilines is 1. The highest BCUT2D eigenvalue weighted by molar-refractivity contribution is 6.10. The molecular weight excluding hydrogens is 294 g/mol. The molecule has 5 nitrogen and oxygen atoms in total. The van der Waals surface area contributed by atoms with Gasteiger partial charge in [-0.25, -0.2) is 9.59 Å². The monoisotopic (exact) mass is 319 g/mol. The van der Waals surface area contributed by atoms with E-state index in [2.05, 4.69) is 5.32 Å². The number of aryl methyl sites for hydroxylation is 2. The van der Waals surface area contributed by atoms with Gasteiger partial charge in [-0.2, -0.15) is 0 Å². The highest BCUT2D eigenvalue weighted by Gasteiger charge is 2.54. The zero-order valence-corrected chi connectivity index (χ0v) is 14.7. The van der Waals surface area contributed by atoms with Gasteiger partial charge in [0.15, 0.2) is 0 Å². The van der Waals surface area contributed by atoms with E-state index in [0.29, 0.717) is 0 Å². The molecule has 23 heavy (non-hydrogen) atoms. The Morgan fingerprint density at radius 3 is 2.35 bits per heavy atom. The molecule has 0 fully saturated rings. The van der Waals surface area contributed by atoms with Gasteiger partial charge in [0, 0.05) is 12.1 Å². The van der Waals surface area contributed by atoms with Crippen molar-refractivity contribution in [1.82, 2.24) is 0 Å². The molecule has 0 aliphatic carbocycles. The fourth-order valence-electron chi connectivity index (χ4n) is 2.65. The Bertz CT molecular complexity index is 612. The van der Waals surface area contributed by atoms with Crippen LogP contribution in [0.15, 0.2) is 12.1 Å². The number of carbonyl (C=O) groups excluding carboxylic acids is 2. The van der Waals surface area contributed by atoms with Gasteiger partial charge in [0.2, 0.25) is 5.54 Å². The van der Waals surface area contributed by atoms with Crippen molar-refractivity contribution >= 4 is 17.6 Å². The third-order valence-electron chi connectivity index (χ3n) is 3.89. The number of carbonyl (C=O) groups is 2. The SMILES string of the molecule is CCOC(=O)C1(C(=O)OC(C)(C)C)Cc2cc(C)c(C)cc2N1. The van der Waals surface area contributed by atoms with Crippen molar-refractivity contribution in [2.75, 3.05) is 11.9 Å². The summed E-state index contributed by atoms with van der Waals surface area (Å²) >= 11 is 0. The fraction of sp³-hybridized carbons (Fsp3) is 0.556. The number of hydrogen-bond donors (Lipinski definition) is 1. The van der Waals surface area contributed by atoms with Crippen LogP contribution in [0.1, 0.15) is 44.4 Å². The number of nitrogens with one attached hydrogen (secondary N) is 1. The topological polar surface area (TPSA) is 64.6 Å². The molecule has 0 amide bonds.